The number of amides is 1. The number of hydrogen-bond donors (Lipinski definition) is 3. The Balaban J connectivity index is 1.90. The maximum atomic E-state index is 12.2. The van der Waals surface area contributed by atoms with Crippen LogP contribution in [0.5, 0.6) is 0 Å². The van der Waals surface area contributed by atoms with E-state index in [2.05, 4.69) is 5.32 Å². The minimum atomic E-state index is -1.03. The highest BCUT2D eigenvalue weighted by atomic mass is 16.5. The van der Waals surface area contributed by atoms with Crippen LogP contribution in [0.3, 0.4) is 0 Å². The van der Waals surface area contributed by atoms with Crippen LogP contribution in [0.4, 0.5) is 0 Å². The number of carbonyl (C=O) groups is 2. The van der Waals surface area contributed by atoms with Crippen molar-refractivity contribution < 1.29 is 29.1 Å². The van der Waals surface area contributed by atoms with E-state index in [9.17, 15) is 19.7 Å². The fourth-order valence-corrected chi connectivity index (χ4v) is 2.47. The summed E-state index contributed by atoms with van der Waals surface area (Å²) in [5, 5.41) is 21.8. The fraction of sp³-hybridized carbons (Fsp3) is 0.500. The summed E-state index contributed by atoms with van der Waals surface area (Å²) < 4.78 is 10.1. The molecule has 1 aliphatic heterocycles. The van der Waals surface area contributed by atoms with Gasteiger partial charge in [0.2, 0.25) is 0 Å². The third-order valence-corrected chi connectivity index (χ3v) is 3.86. The van der Waals surface area contributed by atoms with E-state index in [-0.39, 0.29) is 13.2 Å². The first-order valence-corrected chi connectivity index (χ1v) is 7.77. The van der Waals surface area contributed by atoms with Crippen molar-refractivity contribution in [3.63, 3.8) is 0 Å². The molecular formula is C16H22BNO6. The van der Waals surface area contributed by atoms with E-state index in [1.807, 2.05) is 0 Å². The molecule has 0 radical (unpaired) electrons. The predicted molar refractivity (Wildman–Crippen MR) is 87.8 cm³/mol. The van der Waals surface area contributed by atoms with Crippen LogP contribution in [0.15, 0.2) is 12.1 Å². The van der Waals surface area contributed by atoms with Crippen molar-refractivity contribution in [3.8, 4) is 0 Å². The summed E-state index contributed by atoms with van der Waals surface area (Å²) >= 11 is 0. The van der Waals surface area contributed by atoms with Crippen LogP contribution in [0.1, 0.15) is 41.8 Å². The van der Waals surface area contributed by atoms with Crippen molar-refractivity contribution >= 4 is 24.5 Å². The van der Waals surface area contributed by atoms with Crippen LogP contribution < -0.4 is 10.8 Å². The molecule has 3 N–H and O–H groups in total. The average Bonchev–Trinajstić information content (AvgIpc) is 2.86. The van der Waals surface area contributed by atoms with Gasteiger partial charge in [0.15, 0.2) is 0 Å². The molecule has 0 saturated heterocycles. The minimum Gasteiger partial charge on any atom is -0.464 e. The highest BCUT2D eigenvalue weighted by molar-refractivity contribution is 6.62. The summed E-state index contributed by atoms with van der Waals surface area (Å²) in [5.74, 6) is -0.997. The summed E-state index contributed by atoms with van der Waals surface area (Å²) in [6.07, 6.45) is 0.314. The van der Waals surface area contributed by atoms with Gasteiger partial charge in [-0.1, -0.05) is 6.07 Å². The average molecular weight is 335 g/mol. The van der Waals surface area contributed by atoms with Crippen molar-refractivity contribution in [3.05, 3.63) is 28.8 Å². The zero-order valence-electron chi connectivity index (χ0n) is 14.1. The Morgan fingerprint density at radius 3 is 2.79 bits per heavy atom. The van der Waals surface area contributed by atoms with E-state index >= 15 is 0 Å². The Kier molecular flexibility index (Phi) is 5.64. The van der Waals surface area contributed by atoms with Gasteiger partial charge >= 0.3 is 13.1 Å². The quantitative estimate of drug-likeness (QED) is 0.485. The number of benzene rings is 1. The number of hydrogen-bond acceptors (Lipinski definition) is 6. The zero-order valence-corrected chi connectivity index (χ0v) is 14.1. The number of fused-ring (bicyclic) bond motifs is 1. The molecule has 0 unspecified atom stereocenters. The third kappa shape index (κ3) is 4.56. The van der Waals surface area contributed by atoms with E-state index in [1.54, 1.807) is 32.9 Å². The molecule has 0 spiro atoms. The zero-order chi connectivity index (χ0) is 17.9. The van der Waals surface area contributed by atoms with Crippen molar-refractivity contribution in [2.24, 2.45) is 0 Å². The van der Waals surface area contributed by atoms with Gasteiger partial charge in [0, 0.05) is 12.0 Å². The van der Waals surface area contributed by atoms with Gasteiger partial charge in [-0.2, -0.15) is 0 Å². The maximum absolute atomic E-state index is 12.2. The SMILES string of the molecule is Cc1c(C(=O)NCC(=O)OCCC(C)(C)O)ccc2c1B(O)OC2. The first-order valence-electron chi connectivity index (χ1n) is 7.77. The summed E-state index contributed by atoms with van der Waals surface area (Å²) in [4.78, 5) is 23.8. The number of esters is 1. The lowest BCUT2D eigenvalue weighted by atomic mass is 9.75. The van der Waals surface area contributed by atoms with Crippen LogP contribution in [-0.2, 0) is 20.8 Å². The van der Waals surface area contributed by atoms with Crippen LogP contribution in [0.2, 0.25) is 0 Å². The lowest BCUT2D eigenvalue weighted by molar-refractivity contribution is -0.143. The van der Waals surface area contributed by atoms with Gasteiger partial charge in [-0.25, -0.2) is 0 Å². The monoisotopic (exact) mass is 335 g/mol. The highest BCUT2D eigenvalue weighted by Crippen LogP contribution is 2.16. The second kappa shape index (κ2) is 7.33. The van der Waals surface area contributed by atoms with Crippen LogP contribution in [0.25, 0.3) is 0 Å². The van der Waals surface area contributed by atoms with Gasteiger partial charge in [-0.3, -0.25) is 9.59 Å². The molecule has 0 fully saturated rings. The van der Waals surface area contributed by atoms with Crippen molar-refractivity contribution in [1.82, 2.24) is 5.32 Å². The van der Waals surface area contributed by atoms with Gasteiger partial charge in [-0.05, 0) is 43.4 Å². The first-order chi connectivity index (χ1) is 11.2. The largest absolute Gasteiger partial charge is 0.492 e. The van der Waals surface area contributed by atoms with Gasteiger partial charge in [0.25, 0.3) is 5.91 Å². The molecule has 1 aromatic rings. The van der Waals surface area contributed by atoms with Crippen molar-refractivity contribution in [2.75, 3.05) is 13.2 Å². The number of aliphatic hydroxyl groups is 1. The molecule has 0 bridgehead atoms. The third-order valence-electron chi connectivity index (χ3n) is 3.86. The van der Waals surface area contributed by atoms with Gasteiger partial charge in [-0.15, -0.1) is 0 Å². The van der Waals surface area contributed by atoms with Crippen LogP contribution in [0, 0.1) is 6.92 Å². The van der Waals surface area contributed by atoms with Gasteiger partial charge in [0.1, 0.15) is 6.54 Å². The second-order valence-corrected chi connectivity index (χ2v) is 6.44. The summed E-state index contributed by atoms with van der Waals surface area (Å²) in [6, 6.07) is 3.37. The molecule has 8 heteroatoms. The van der Waals surface area contributed by atoms with Gasteiger partial charge < -0.3 is 24.8 Å². The van der Waals surface area contributed by atoms with Crippen molar-refractivity contribution in [2.45, 2.75) is 39.4 Å². The Morgan fingerprint density at radius 1 is 1.42 bits per heavy atom. The Hall–Kier alpha value is -1.90. The molecule has 0 saturated carbocycles. The lowest BCUT2D eigenvalue weighted by Crippen LogP contribution is -2.35. The van der Waals surface area contributed by atoms with E-state index < -0.39 is 24.6 Å². The summed E-state index contributed by atoms with van der Waals surface area (Å²) in [6.45, 7) is 5.11. The number of nitrogens with one attached hydrogen (secondary N) is 1. The number of ether oxygens (including phenoxy) is 1. The van der Waals surface area contributed by atoms with E-state index in [0.717, 1.165) is 5.56 Å². The fourth-order valence-electron chi connectivity index (χ4n) is 2.47. The highest BCUT2D eigenvalue weighted by Gasteiger charge is 2.31. The summed E-state index contributed by atoms with van der Waals surface area (Å²) in [7, 11) is -1.03. The number of carbonyl (C=O) groups excluding carboxylic acids is 2. The van der Waals surface area contributed by atoms with E-state index in [0.29, 0.717) is 29.6 Å². The molecule has 0 aromatic heterocycles. The Morgan fingerprint density at radius 2 is 2.12 bits per heavy atom. The standard InChI is InChI=1S/C16H22BNO6/c1-10-12(5-4-11-9-24-17(22)14(10)11)15(20)18-8-13(19)23-7-6-16(2,3)21/h4-5,21-22H,6-9H2,1-3H3,(H,18,20). The molecule has 0 aliphatic carbocycles. The van der Waals surface area contributed by atoms with Crippen LogP contribution >= 0.6 is 0 Å². The molecule has 1 heterocycles. The Labute approximate surface area is 141 Å². The van der Waals surface area contributed by atoms with Crippen molar-refractivity contribution in [1.29, 1.82) is 0 Å². The first kappa shape index (κ1) is 18.4. The molecule has 1 aromatic carbocycles. The molecule has 1 amide bonds. The molecule has 7 nitrogen and oxygen atoms in total. The van der Waals surface area contributed by atoms with E-state index in [4.69, 9.17) is 9.39 Å². The van der Waals surface area contributed by atoms with E-state index in [1.165, 1.54) is 0 Å². The molecule has 24 heavy (non-hydrogen) atoms. The Bertz CT molecular complexity index is 640. The smallest absolute Gasteiger partial charge is 0.464 e. The summed E-state index contributed by atoms with van der Waals surface area (Å²) in [5.41, 5.74) is 1.56. The number of rotatable bonds is 6. The second-order valence-electron chi connectivity index (χ2n) is 6.44. The molecule has 0 atom stereocenters. The molecule has 1 aliphatic rings. The lowest BCUT2D eigenvalue weighted by Gasteiger charge is -2.16. The maximum Gasteiger partial charge on any atom is 0.492 e. The van der Waals surface area contributed by atoms with Gasteiger partial charge in [0.05, 0.1) is 18.8 Å². The predicted octanol–water partition coefficient (Wildman–Crippen LogP) is -0.353. The minimum absolute atomic E-state index is 0.0829. The molecule has 130 valence electrons. The normalized spacial score (nSPS) is 13.6. The molecular weight excluding hydrogens is 313 g/mol. The van der Waals surface area contributed by atoms with Crippen LogP contribution in [-0.4, -0.2) is 47.9 Å². The molecule has 2 rings (SSSR count). The topological polar surface area (TPSA) is 105 Å².